The van der Waals surface area contributed by atoms with Crippen LogP contribution in [0.15, 0.2) is 12.3 Å². The van der Waals surface area contributed by atoms with Gasteiger partial charge < -0.3 is 10.6 Å². The molecular weight excluding hydrogens is 252 g/mol. The summed E-state index contributed by atoms with van der Waals surface area (Å²) in [6.45, 7) is 0. The summed E-state index contributed by atoms with van der Waals surface area (Å²) in [5.74, 6) is -0.00343. The molecule has 0 spiro atoms. The van der Waals surface area contributed by atoms with Crippen molar-refractivity contribution in [2.45, 2.75) is 43.8 Å². The molecule has 5 nitrogen and oxygen atoms in total. The van der Waals surface area contributed by atoms with E-state index in [-0.39, 0.29) is 18.3 Å². The lowest BCUT2D eigenvalue weighted by molar-refractivity contribution is 0.0914. The highest BCUT2D eigenvalue weighted by Crippen LogP contribution is 2.26. The average molecular weight is 271 g/mol. The zero-order valence-electron chi connectivity index (χ0n) is 10.4. The summed E-state index contributed by atoms with van der Waals surface area (Å²) in [6, 6.07) is 3.28. The number of nitrogens with one attached hydrogen (secondary N) is 2. The van der Waals surface area contributed by atoms with Crippen LogP contribution in [0.25, 0.3) is 0 Å². The van der Waals surface area contributed by atoms with Crippen LogP contribution in [0.3, 0.4) is 0 Å². The lowest BCUT2D eigenvalue weighted by Gasteiger charge is -2.29. The zero-order chi connectivity index (χ0) is 11.8. The third-order valence-electron chi connectivity index (χ3n) is 3.86. The van der Waals surface area contributed by atoms with E-state index in [0.29, 0.717) is 23.8 Å². The molecule has 1 aromatic rings. The number of nitrogens with zero attached hydrogens (tertiary/aromatic N) is 2. The topological polar surface area (TPSA) is 59.0 Å². The van der Waals surface area contributed by atoms with E-state index in [1.54, 1.807) is 24.0 Å². The van der Waals surface area contributed by atoms with Crippen LogP contribution in [-0.2, 0) is 7.05 Å². The van der Waals surface area contributed by atoms with E-state index < -0.39 is 0 Å². The van der Waals surface area contributed by atoms with E-state index in [2.05, 4.69) is 15.7 Å². The van der Waals surface area contributed by atoms with E-state index in [1.807, 2.05) is 0 Å². The van der Waals surface area contributed by atoms with Gasteiger partial charge in [0.2, 0.25) is 0 Å². The Bertz CT molecular complexity index is 421. The maximum absolute atomic E-state index is 12.0. The summed E-state index contributed by atoms with van der Waals surface area (Å²) >= 11 is 0. The summed E-state index contributed by atoms with van der Waals surface area (Å²) in [5, 5.41) is 10.7. The van der Waals surface area contributed by atoms with Crippen LogP contribution >= 0.6 is 12.4 Å². The average Bonchev–Trinajstić information content (AvgIpc) is 2.85. The molecule has 100 valence electrons. The molecule has 2 fully saturated rings. The van der Waals surface area contributed by atoms with Gasteiger partial charge in [0.05, 0.1) is 0 Å². The normalized spacial score (nSPS) is 29.7. The van der Waals surface area contributed by atoms with Gasteiger partial charge in [-0.25, -0.2) is 0 Å². The molecule has 1 amide bonds. The van der Waals surface area contributed by atoms with Crippen LogP contribution < -0.4 is 10.6 Å². The number of hydrogen-bond acceptors (Lipinski definition) is 3. The molecule has 0 aliphatic carbocycles. The van der Waals surface area contributed by atoms with Gasteiger partial charge >= 0.3 is 0 Å². The van der Waals surface area contributed by atoms with E-state index in [0.717, 1.165) is 12.8 Å². The number of aryl methyl sites for hydroxylation is 1. The van der Waals surface area contributed by atoms with Crippen molar-refractivity contribution >= 4 is 18.3 Å². The van der Waals surface area contributed by atoms with Crippen molar-refractivity contribution in [1.82, 2.24) is 20.4 Å². The number of fused-ring (bicyclic) bond motifs is 2. The molecule has 2 aliphatic heterocycles. The fourth-order valence-corrected chi connectivity index (χ4v) is 3.03. The smallest absolute Gasteiger partial charge is 0.269 e. The van der Waals surface area contributed by atoms with E-state index in [9.17, 15) is 4.79 Å². The predicted octanol–water partition coefficient (Wildman–Crippen LogP) is 0.855. The molecular formula is C12H19ClN4O. The van der Waals surface area contributed by atoms with Crippen molar-refractivity contribution in [2.75, 3.05) is 0 Å². The van der Waals surface area contributed by atoms with Gasteiger partial charge in [0.1, 0.15) is 5.69 Å². The second-order valence-corrected chi connectivity index (χ2v) is 5.12. The second kappa shape index (κ2) is 5.28. The lowest BCUT2D eigenvalue weighted by Crippen LogP contribution is -2.48. The largest absolute Gasteiger partial charge is 0.348 e. The van der Waals surface area contributed by atoms with Crippen molar-refractivity contribution in [3.8, 4) is 0 Å². The van der Waals surface area contributed by atoms with Gasteiger partial charge in [-0.05, 0) is 31.7 Å². The molecule has 0 aromatic carbocycles. The molecule has 0 saturated carbocycles. The lowest BCUT2D eigenvalue weighted by atomic mass is 10.00. The van der Waals surface area contributed by atoms with Crippen molar-refractivity contribution in [2.24, 2.45) is 7.05 Å². The molecule has 0 radical (unpaired) electrons. The molecule has 2 bridgehead atoms. The minimum atomic E-state index is -0.00343. The number of amides is 1. The van der Waals surface area contributed by atoms with Gasteiger partial charge in [0, 0.05) is 31.4 Å². The fraction of sp³-hybridized carbons (Fsp3) is 0.667. The highest BCUT2D eigenvalue weighted by atomic mass is 35.5. The Kier molecular flexibility index (Phi) is 3.92. The number of halogens is 1. The molecule has 1 aromatic heterocycles. The van der Waals surface area contributed by atoms with Crippen molar-refractivity contribution < 1.29 is 4.79 Å². The SMILES string of the molecule is Cl.Cn1nccc1C(=O)NC1CC2CCC(C1)N2. The van der Waals surface area contributed by atoms with Crippen molar-refractivity contribution in [1.29, 1.82) is 0 Å². The van der Waals surface area contributed by atoms with Crippen molar-refractivity contribution in [3.05, 3.63) is 18.0 Å². The maximum atomic E-state index is 12.0. The first-order chi connectivity index (χ1) is 8.22. The quantitative estimate of drug-likeness (QED) is 0.838. The Balaban J connectivity index is 0.00000120. The maximum Gasteiger partial charge on any atom is 0.269 e. The van der Waals surface area contributed by atoms with Crippen LogP contribution in [-0.4, -0.2) is 33.8 Å². The minimum absolute atomic E-state index is 0. The first-order valence-corrected chi connectivity index (χ1v) is 6.27. The summed E-state index contributed by atoms with van der Waals surface area (Å²) in [4.78, 5) is 12.0. The van der Waals surface area contributed by atoms with Crippen LogP contribution in [0.2, 0.25) is 0 Å². The van der Waals surface area contributed by atoms with Gasteiger partial charge in [-0.1, -0.05) is 0 Å². The van der Waals surface area contributed by atoms with Crippen molar-refractivity contribution in [3.63, 3.8) is 0 Å². The van der Waals surface area contributed by atoms with Gasteiger partial charge in [0.15, 0.2) is 0 Å². The third kappa shape index (κ3) is 2.52. The van der Waals surface area contributed by atoms with Gasteiger partial charge in [-0.3, -0.25) is 9.48 Å². The van der Waals surface area contributed by atoms with E-state index >= 15 is 0 Å². The second-order valence-electron chi connectivity index (χ2n) is 5.12. The van der Waals surface area contributed by atoms with Crippen LogP contribution in [0, 0.1) is 0 Å². The monoisotopic (exact) mass is 270 g/mol. The Morgan fingerprint density at radius 1 is 1.44 bits per heavy atom. The summed E-state index contributed by atoms with van der Waals surface area (Å²) in [7, 11) is 1.79. The molecule has 3 rings (SSSR count). The van der Waals surface area contributed by atoms with Crippen LogP contribution in [0.4, 0.5) is 0 Å². The number of carbonyl (C=O) groups excluding carboxylic acids is 1. The first kappa shape index (κ1) is 13.4. The van der Waals surface area contributed by atoms with E-state index in [4.69, 9.17) is 0 Å². The van der Waals surface area contributed by atoms with Gasteiger partial charge in [-0.2, -0.15) is 5.10 Å². The minimum Gasteiger partial charge on any atom is -0.348 e. The highest BCUT2D eigenvalue weighted by molar-refractivity contribution is 5.92. The number of carbonyl (C=O) groups is 1. The number of aromatic nitrogens is 2. The Labute approximate surface area is 113 Å². The summed E-state index contributed by atoms with van der Waals surface area (Å²) < 4.78 is 1.62. The molecule has 2 N–H and O–H groups in total. The Hall–Kier alpha value is -1.07. The Morgan fingerprint density at radius 2 is 2.11 bits per heavy atom. The number of hydrogen-bond donors (Lipinski definition) is 2. The molecule has 3 heterocycles. The Morgan fingerprint density at radius 3 is 2.67 bits per heavy atom. The summed E-state index contributed by atoms with van der Waals surface area (Å²) in [5.41, 5.74) is 0.635. The van der Waals surface area contributed by atoms with Crippen LogP contribution in [0.1, 0.15) is 36.2 Å². The standard InChI is InChI=1S/C12H18N4O.ClH/c1-16-11(4-5-13-16)12(17)15-10-6-8-2-3-9(7-10)14-8;/h4-5,8-10,14H,2-3,6-7H2,1H3,(H,15,17);1H. The number of rotatable bonds is 2. The molecule has 2 saturated heterocycles. The zero-order valence-corrected chi connectivity index (χ0v) is 11.2. The molecule has 2 atom stereocenters. The summed E-state index contributed by atoms with van der Waals surface area (Å²) in [6.07, 6.45) is 6.27. The highest BCUT2D eigenvalue weighted by Gasteiger charge is 2.34. The molecule has 6 heteroatoms. The predicted molar refractivity (Wildman–Crippen MR) is 70.9 cm³/mol. The molecule has 2 unspecified atom stereocenters. The molecule has 18 heavy (non-hydrogen) atoms. The fourth-order valence-electron chi connectivity index (χ4n) is 3.03. The molecule has 2 aliphatic rings. The first-order valence-electron chi connectivity index (χ1n) is 6.27. The van der Waals surface area contributed by atoms with Gasteiger partial charge in [-0.15, -0.1) is 12.4 Å². The number of piperidine rings is 1. The van der Waals surface area contributed by atoms with Gasteiger partial charge in [0.25, 0.3) is 5.91 Å². The van der Waals surface area contributed by atoms with Crippen LogP contribution in [0.5, 0.6) is 0 Å². The third-order valence-corrected chi connectivity index (χ3v) is 3.86. The van der Waals surface area contributed by atoms with E-state index in [1.165, 1.54) is 12.8 Å².